The summed E-state index contributed by atoms with van der Waals surface area (Å²) in [5, 5.41) is 20.3. The molecule has 2 amide bonds. The average molecular weight is 564 g/mol. The van der Waals surface area contributed by atoms with Crippen LogP contribution in [0.4, 0.5) is 5.82 Å². The number of piperidine rings is 1. The lowest BCUT2D eigenvalue weighted by Gasteiger charge is -2.32. The number of carbonyl (C=O) groups is 2. The molecule has 186 valence electrons. The lowest BCUT2D eigenvalue weighted by atomic mass is 9.93. The number of imidazole rings is 1. The Bertz CT molecular complexity index is 1260. The Morgan fingerprint density at radius 3 is 2.57 bits per heavy atom. The first-order valence-corrected chi connectivity index (χ1v) is 12.8. The predicted octanol–water partition coefficient (Wildman–Crippen LogP) is 2.63. The van der Waals surface area contributed by atoms with E-state index in [1.807, 2.05) is 4.57 Å². The van der Waals surface area contributed by atoms with Crippen molar-refractivity contribution >= 4 is 56.5 Å². The van der Waals surface area contributed by atoms with E-state index in [2.05, 4.69) is 30.9 Å². The average Bonchev–Trinajstić information content (AvgIpc) is 3.18. The molecule has 13 heteroatoms. The standard InChI is InChI=1S/C22H26BrN7O4S/c23-13-9-14(31)15(32)10-16(13)35-22-28-19-20(25)26-11-27-21(19)30(22)8-5-12-3-6-29(7-4-12)18(34)2-1-17(24)33/h9-12,31-32H,1-8H2,(H2,24,33)(H2,25,26,27). The lowest BCUT2D eigenvalue weighted by molar-refractivity contribution is -0.134. The summed E-state index contributed by atoms with van der Waals surface area (Å²) in [6, 6.07) is 2.89. The molecule has 0 spiro atoms. The number of aromatic nitrogens is 4. The number of carbonyl (C=O) groups excluding carboxylic acids is 2. The normalized spacial score (nSPS) is 14.5. The van der Waals surface area contributed by atoms with E-state index in [4.69, 9.17) is 11.5 Å². The largest absolute Gasteiger partial charge is 0.504 e. The Kier molecular flexibility index (Phi) is 7.65. The third-order valence-electron chi connectivity index (χ3n) is 6.07. The Morgan fingerprint density at radius 1 is 1.14 bits per heavy atom. The molecular weight excluding hydrogens is 538 g/mol. The number of fused-ring (bicyclic) bond motifs is 1. The zero-order valence-electron chi connectivity index (χ0n) is 18.9. The number of benzene rings is 1. The zero-order chi connectivity index (χ0) is 25.1. The van der Waals surface area contributed by atoms with Crippen LogP contribution in [0.15, 0.2) is 33.0 Å². The number of likely N-dealkylation sites (tertiary alicyclic amines) is 1. The maximum Gasteiger partial charge on any atom is 0.223 e. The second-order valence-corrected chi connectivity index (χ2v) is 10.3. The van der Waals surface area contributed by atoms with E-state index >= 15 is 0 Å². The van der Waals surface area contributed by atoms with Gasteiger partial charge in [0.2, 0.25) is 11.8 Å². The molecule has 0 aliphatic carbocycles. The first-order valence-electron chi connectivity index (χ1n) is 11.1. The third-order valence-corrected chi connectivity index (χ3v) is 8.04. The van der Waals surface area contributed by atoms with Gasteiger partial charge in [-0.15, -0.1) is 0 Å². The molecule has 0 atom stereocenters. The summed E-state index contributed by atoms with van der Waals surface area (Å²) < 4.78 is 2.60. The number of hydrogen-bond acceptors (Lipinski definition) is 9. The number of nitrogens with two attached hydrogens (primary N) is 2. The first kappa shape index (κ1) is 25.0. The first-order chi connectivity index (χ1) is 16.7. The highest BCUT2D eigenvalue weighted by molar-refractivity contribution is 9.10. The molecular formula is C22H26BrN7O4S. The number of aromatic hydroxyl groups is 2. The molecule has 1 saturated heterocycles. The highest BCUT2D eigenvalue weighted by Gasteiger charge is 2.24. The number of phenols is 2. The van der Waals surface area contributed by atoms with Crippen molar-refractivity contribution in [2.24, 2.45) is 11.7 Å². The van der Waals surface area contributed by atoms with Crippen molar-refractivity contribution in [3.8, 4) is 11.5 Å². The fourth-order valence-electron chi connectivity index (χ4n) is 4.09. The molecule has 0 radical (unpaired) electrons. The molecule has 1 fully saturated rings. The molecule has 1 aliphatic heterocycles. The van der Waals surface area contributed by atoms with Gasteiger partial charge < -0.3 is 31.1 Å². The summed E-state index contributed by atoms with van der Waals surface area (Å²) in [7, 11) is 0. The molecule has 6 N–H and O–H groups in total. The summed E-state index contributed by atoms with van der Waals surface area (Å²) in [5.74, 6) is -0.246. The van der Waals surface area contributed by atoms with Gasteiger partial charge in [-0.25, -0.2) is 15.0 Å². The Balaban J connectivity index is 1.48. The van der Waals surface area contributed by atoms with Crippen molar-refractivity contribution in [1.29, 1.82) is 0 Å². The van der Waals surface area contributed by atoms with Crippen molar-refractivity contribution in [1.82, 2.24) is 24.4 Å². The molecule has 35 heavy (non-hydrogen) atoms. The van der Waals surface area contributed by atoms with E-state index in [1.165, 1.54) is 30.2 Å². The minimum atomic E-state index is -0.464. The van der Waals surface area contributed by atoms with Crippen molar-refractivity contribution < 1.29 is 19.8 Å². The molecule has 1 aliphatic rings. The minimum absolute atomic E-state index is 0.0311. The van der Waals surface area contributed by atoms with Crippen LogP contribution >= 0.6 is 27.7 Å². The third kappa shape index (κ3) is 5.78. The highest BCUT2D eigenvalue weighted by atomic mass is 79.9. The van der Waals surface area contributed by atoms with Crippen LogP contribution in [-0.2, 0) is 16.1 Å². The van der Waals surface area contributed by atoms with Crippen LogP contribution in [0.3, 0.4) is 0 Å². The number of rotatable bonds is 8. The molecule has 0 saturated carbocycles. The Morgan fingerprint density at radius 2 is 1.86 bits per heavy atom. The van der Waals surface area contributed by atoms with Gasteiger partial charge in [-0.1, -0.05) is 11.8 Å². The monoisotopic (exact) mass is 563 g/mol. The Hall–Kier alpha value is -3.06. The molecule has 0 unspecified atom stereocenters. The van der Waals surface area contributed by atoms with E-state index in [1.54, 1.807) is 4.90 Å². The maximum atomic E-state index is 12.3. The number of anilines is 1. The molecule has 3 aromatic rings. The van der Waals surface area contributed by atoms with Crippen LogP contribution in [0.2, 0.25) is 0 Å². The number of hydrogen-bond donors (Lipinski definition) is 4. The van der Waals surface area contributed by atoms with Gasteiger partial charge in [0.05, 0.1) is 0 Å². The number of aryl methyl sites for hydroxylation is 1. The Labute approximate surface area is 214 Å². The second-order valence-electron chi connectivity index (χ2n) is 8.43. The van der Waals surface area contributed by atoms with Crippen LogP contribution in [0.1, 0.15) is 32.1 Å². The molecule has 3 heterocycles. The van der Waals surface area contributed by atoms with Gasteiger partial charge >= 0.3 is 0 Å². The van der Waals surface area contributed by atoms with Gasteiger partial charge in [0.25, 0.3) is 0 Å². The maximum absolute atomic E-state index is 12.3. The number of halogens is 1. The van der Waals surface area contributed by atoms with Crippen LogP contribution < -0.4 is 11.5 Å². The minimum Gasteiger partial charge on any atom is -0.504 e. The van der Waals surface area contributed by atoms with Crippen molar-refractivity contribution in [3.63, 3.8) is 0 Å². The van der Waals surface area contributed by atoms with E-state index < -0.39 is 5.91 Å². The second kappa shape index (κ2) is 10.7. The van der Waals surface area contributed by atoms with Gasteiger partial charge in [-0.3, -0.25) is 9.59 Å². The van der Waals surface area contributed by atoms with Crippen molar-refractivity contribution in [2.75, 3.05) is 18.8 Å². The quantitative estimate of drug-likeness (QED) is 0.300. The smallest absolute Gasteiger partial charge is 0.223 e. The number of nitrogens with zero attached hydrogens (tertiary/aromatic N) is 5. The van der Waals surface area contributed by atoms with Gasteiger partial charge in [-0.2, -0.15) is 0 Å². The number of amides is 2. The van der Waals surface area contributed by atoms with Gasteiger partial charge in [0.15, 0.2) is 33.6 Å². The predicted molar refractivity (Wildman–Crippen MR) is 134 cm³/mol. The molecule has 2 aromatic heterocycles. The number of nitrogen functional groups attached to an aromatic ring is 1. The van der Waals surface area contributed by atoms with Crippen LogP contribution in [0.25, 0.3) is 11.2 Å². The molecule has 11 nitrogen and oxygen atoms in total. The van der Waals surface area contributed by atoms with E-state index in [0.29, 0.717) is 51.2 Å². The van der Waals surface area contributed by atoms with Gasteiger partial charge in [0, 0.05) is 41.8 Å². The van der Waals surface area contributed by atoms with Crippen LogP contribution in [0, 0.1) is 5.92 Å². The highest BCUT2D eigenvalue weighted by Crippen LogP contribution is 2.40. The summed E-state index contributed by atoms with van der Waals surface area (Å²) >= 11 is 4.74. The van der Waals surface area contributed by atoms with Crippen LogP contribution in [0.5, 0.6) is 11.5 Å². The molecule has 0 bridgehead atoms. The fraction of sp³-hybridized carbons (Fsp3) is 0.409. The SMILES string of the molecule is NC(=O)CCC(=O)N1CCC(CCn2c(Sc3cc(O)c(O)cc3Br)nc3c(N)ncnc32)CC1. The summed E-state index contributed by atoms with van der Waals surface area (Å²) in [5.41, 5.74) is 12.3. The lowest BCUT2D eigenvalue weighted by Crippen LogP contribution is -2.39. The zero-order valence-corrected chi connectivity index (χ0v) is 21.3. The summed E-state index contributed by atoms with van der Waals surface area (Å²) in [4.78, 5) is 38.8. The van der Waals surface area contributed by atoms with Crippen molar-refractivity contribution in [3.05, 3.63) is 22.9 Å². The summed E-state index contributed by atoms with van der Waals surface area (Å²) in [6.07, 6.45) is 4.23. The topological polar surface area (TPSA) is 173 Å². The van der Waals surface area contributed by atoms with E-state index in [0.717, 1.165) is 19.3 Å². The van der Waals surface area contributed by atoms with Gasteiger partial charge in [-0.05, 0) is 53.2 Å². The van der Waals surface area contributed by atoms with Crippen molar-refractivity contribution in [2.45, 2.75) is 48.7 Å². The van der Waals surface area contributed by atoms with Crippen LogP contribution in [-0.4, -0.2) is 59.5 Å². The number of phenolic OH excluding ortho intramolecular Hbond substituents is 2. The fourth-order valence-corrected chi connectivity index (χ4v) is 5.62. The van der Waals surface area contributed by atoms with E-state index in [9.17, 15) is 19.8 Å². The summed E-state index contributed by atoms with van der Waals surface area (Å²) in [6.45, 7) is 1.95. The van der Waals surface area contributed by atoms with Gasteiger partial charge in [0.1, 0.15) is 6.33 Å². The number of primary amides is 1. The van der Waals surface area contributed by atoms with E-state index in [-0.39, 0.29) is 36.1 Å². The molecule has 4 rings (SSSR count). The molecule has 1 aromatic carbocycles.